The third-order valence-corrected chi connectivity index (χ3v) is 4.31. The van der Waals surface area contributed by atoms with Crippen molar-refractivity contribution in [2.75, 3.05) is 31.6 Å². The Morgan fingerprint density at radius 3 is 3.00 bits per heavy atom. The molecule has 3 rings (SSSR count). The maximum atomic E-state index is 12.6. The number of amides is 1. The highest BCUT2D eigenvalue weighted by atomic mass is 16.2. The fourth-order valence-electron chi connectivity index (χ4n) is 3.18. The summed E-state index contributed by atoms with van der Waals surface area (Å²) in [5, 5.41) is 3.42. The summed E-state index contributed by atoms with van der Waals surface area (Å²) in [6, 6.07) is 8.66. The topological polar surface area (TPSA) is 35.6 Å². The van der Waals surface area contributed by atoms with E-state index < -0.39 is 0 Å². The van der Waals surface area contributed by atoms with Gasteiger partial charge in [-0.15, -0.1) is 0 Å². The summed E-state index contributed by atoms with van der Waals surface area (Å²) < 4.78 is 0. The molecule has 1 aromatic carbocycles. The first kappa shape index (κ1) is 13.6. The second-order valence-electron chi connectivity index (χ2n) is 5.91. The summed E-state index contributed by atoms with van der Waals surface area (Å²) in [4.78, 5) is 16.9. The number of hydrogen-bond acceptors (Lipinski definition) is 3. The van der Waals surface area contributed by atoms with Crippen LogP contribution in [-0.2, 0) is 11.3 Å². The number of anilines is 1. The van der Waals surface area contributed by atoms with E-state index >= 15 is 0 Å². The van der Waals surface area contributed by atoms with E-state index in [0.717, 1.165) is 38.3 Å². The molecule has 0 saturated carbocycles. The van der Waals surface area contributed by atoms with Crippen molar-refractivity contribution in [2.24, 2.45) is 0 Å². The normalized spacial score (nSPS) is 23.4. The van der Waals surface area contributed by atoms with Gasteiger partial charge in [0.15, 0.2) is 0 Å². The Hall–Kier alpha value is -1.39. The Kier molecular flexibility index (Phi) is 4.03. The monoisotopic (exact) mass is 273 g/mol. The zero-order valence-corrected chi connectivity index (χ0v) is 12.1. The van der Waals surface area contributed by atoms with Gasteiger partial charge >= 0.3 is 0 Å². The largest absolute Gasteiger partial charge is 0.313 e. The van der Waals surface area contributed by atoms with Gasteiger partial charge in [-0.3, -0.25) is 4.79 Å². The average Bonchev–Trinajstić information content (AvgIpc) is 2.87. The van der Waals surface area contributed by atoms with Gasteiger partial charge in [-0.2, -0.15) is 0 Å². The molecule has 108 valence electrons. The molecular formula is C16H23N3O. The quantitative estimate of drug-likeness (QED) is 0.889. The van der Waals surface area contributed by atoms with E-state index in [1.165, 1.54) is 12.0 Å². The van der Waals surface area contributed by atoms with Crippen LogP contribution in [0.25, 0.3) is 0 Å². The molecule has 2 aliphatic rings. The molecule has 0 spiro atoms. The Balaban J connectivity index is 1.79. The second-order valence-corrected chi connectivity index (χ2v) is 5.91. The minimum Gasteiger partial charge on any atom is -0.313 e. The molecule has 2 aliphatic heterocycles. The number of likely N-dealkylation sites (N-methyl/N-ethyl adjacent to an activating group) is 1. The van der Waals surface area contributed by atoms with Crippen molar-refractivity contribution < 1.29 is 4.79 Å². The van der Waals surface area contributed by atoms with Crippen LogP contribution in [0.3, 0.4) is 0 Å². The predicted octanol–water partition coefficient (Wildman–Crippen LogP) is 1.61. The number of benzene rings is 1. The molecule has 0 aromatic heterocycles. The Morgan fingerprint density at radius 1 is 1.35 bits per heavy atom. The summed E-state index contributed by atoms with van der Waals surface area (Å²) in [5.41, 5.74) is 2.35. The zero-order chi connectivity index (χ0) is 13.9. The molecule has 1 saturated heterocycles. The summed E-state index contributed by atoms with van der Waals surface area (Å²) >= 11 is 0. The molecule has 0 aliphatic carbocycles. The van der Waals surface area contributed by atoms with Gasteiger partial charge in [0.05, 0.1) is 0 Å². The van der Waals surface area contributed by atoms with Gasteiger partial charge in [-0.25, -0.2) is 0 Å². The third kappa shape index (κ3) is 2.86. The standard InChI is InChI=1S/C16H23N3O/c1-18-9-10-19(15-7-3-2-5-13(15)12-18)16(20)11-14-6-4-8-17-14/h2-3,5,7,14,17H,4,6,8-12H2,1H3. The van der Waals surface area contributed by atoms with E-state index in [4.69, 9.17) is 0 Å². The number of fused-ring (bicyclic) bond motifs is 1. The maximum Gasteiger partial charge on any atom is 0.228 e. The molecule has 4 heteroatoms. The van der Waals surface area contributed by atoms with E-state index in [2.05, 4.69) is 35.5 Å². The number of rotatable bonds is 2. The van der Waals surface area contributed by atoms with E-state index in [0.29, 0.717) is 12.5 Å². The first-order valence-corrected chi connectivity index (χ1v) is 7.54. The minimum atomic E-state index is 0.257. The highest BCUT2D eigenvalue weighted by molar-refractivity contribution is 5.94. The second kappa shape index (κ2) is 5.94. The van der Waals surface area contributed by atoms with E-state index in [1.54, 1.807) is 0 Å². The van der Waals surface area contributed by atoms with Crippen LogP contribution in [0.1, 0.15) is 24.8 Å². The highest BCUT2D eigenvalue weighted by Crippen LogP contribution is 2.25. The van der Waals surface area contributed by atoms with Crippen molar-refractivity contribution >= 4 is 11.6 Å². The van der Waals surface area contributed by atoms with Crippen LogP contribution in [0.15, 0.2) is 24.3 Å². The minimum absolute atomic E-state index is 0.257. The van der Waals surface area contributed by atoms with Gasteiger partial charge in [0.1, 0.15) is 0 Å². The van der Waals surface area contributed by atoms with Gasteiger partial charge in [0.25, 0.3) is 0 Å². The Morgan fingerprint density at radius 2 is 2.20 bits per heavy atom. The van der Waals surface area contributed by atoms with Crippen LogP contribution in [-0.4, -0.2) is 43.5 Å². The SMILES string of the molecule is CN1CCN(C(=O)CC2CCCN2)c2ccccc2C1. The number of nitrogens with one attached hydrogen (secondary N) is 1. The van der Waals surface area contributed by atoms with Crippen molar-refractivity contribution in [1.82, 2.24) is 10.2 Å². The van der Waals surface area contributed by atoms with E-state index in [1.807, 2.05) is 11.0 Å². The van der Waals surface area contributed by atoms with Gasteiger partial charge in [-0.05, 0) is 38.1 Å². The first-order chi connectivity index (χ1) is 9.74. The van der Waals surface area contributed by atoms with Gasteiger partial charge in [0, 0.05) is 37.8 Å². The fourth-order valence-corrected chi connectivity index (χ4v) is 3.18. The van der Waals surface area contributed by atoms with Gasteiger partial charge in [0.2, 0.25) is 5.91 Å². The van der Waals surface area contributed by atoms with Crippen molar-refractivity contribution in [3.05, 3.63) is 29.8 Å². The number of nitrogens with zero attached hydrogens (tertiary/aromatic N) is 2. The molecular weight excluding hydrogens is 250 g/mol. The lowest BCUT2D eigenvalue weighted by Crippen LogP contribution is -2.38. The van der Waals surface area contributed by atoms with Crippen LogP contribution in [0.4, 0.5) is 5.69 Å². The van der Waals surface area contributed by atoms with Crippen molar-refractivity contribution in [3.8, 4) is 0 Å². The van der Waals surface area contributed by atoms with Crippen molar-refractivity contribution in [1.29, 1.82) is 0 Å². The Labute approximate surface area is 120 Å². The average molecular weight is 273 g/mol. The molecule has 0 radical (unpaired) electrons. The molecule has 1 atom stereocenters. The highest BCUT2D eigenvalue weighted by Gasteiger charge is 2.25. The number of carbonyl (C=O) groups is 1. The van der Waals surface area contributed by atoms with Crippen molar-refractivity contribution in [3.63, 3.8) is 0 Å². The summed E-state index contributed by atoms with van der Waals surface area (Å²) in [7, 11) is 2.11. The van der Waals surface area contributed by atoms with E-state index in [9.17, 15) is 4.79 Å². The predicted molar refractivity (Wildman–Crippen MR) is 80.8 cm³/mol. The maximum absolute atomic E-state index is 12.6. The number of hydrogen-bond donors (Lipinski definition) is 1. The van der Waals surface area contributed by atoms with Crippen LogP contribution in [0.2, 0.25) is 0 Å². The summed E-state index contributed by atoms with van der Waals surface area (Å²) in [6.45, 7) is 3.69. The molecule has 1 N–H and O–H groups in total. The summed E-state index contributed by atoms with van der Waals surface area (Å²) in [5.74, 6) is 0.257. The molecule has 1 amide bonds. The fraction of sp³-hybridized carbons (Fsp3) is 0.562. The molecule has 1 fully saturated rings. The lowest BCUT2D eigenvalue weighted by Gasteiger charge is -2.24. The lowest BCUT2D eigenvalue weighted by atomic mass is 10.1. The molecule has 1 unspecified atom stereocenters. The third-order valence-electron chi connectivity index (χ3n) is 4.31. The lowest BCUT2D eigenvalue weighted by molar-refractivity contribution is -0.119. The van der Waals surface area contributed by atoms with Crippen LogP contribution < -0.4 is 10.2 Å². The van der Waals surface area contributed by atoms with Crippen molar-refractivity contribution in [2.45, 2.75) is 31.8 Å². The molecule has 20 heavy (non-hydrogen) atoms. The molecule has 2 heterocycles. The van der Waals surface area contributed by atoms with Gasteiger partial charge in [-0.1, -0.05) is 18.2 Å². The number of carbonyl (C=O) groups excluding carboxylic acids is 1. The van der Waals surface area contributed by atoms with Crippen LogP contribution >= 0.6 is 0 Å². The molecule has 4 nitrogen and oxygen atoms in total. The summed E-state index contributed by atoms with van der Waals surface area (Å²) in [6.07, 6.45) is 2.94. The van der Waals surface area contributed by atoms with Gasteiger partial charge < -0.3 is 15.1 Å². The van der Waals surface area contributed by atoms with Crippen LogP contribution in [0, 0.1) is 0 Å². The molecule has 1 aromatic rings. The molecule has 0 bridgehead atoms. The van der Waals surface area contributed by atoms with E-state index in [-0.39, 0.29) is 5.91 Å². The first-order valence-electron chi connectivity index (χ1n) is 7.54. The zero-order valence-electron chi connectivity index (χ0n) is 12.1. The Bertz CT molecular complexity index is 482. The smallest absolute Gasteiger partial charge is 0.228 e. The number of para-hydroxylation sites is 1. The van der Waals surface area contributed by atoms with Crippen LogP contribution in [0.5, 0.6) is 0 Å².